The van der Waals surface area contributed by atoms with E-state index in [9.17, 15) is 9.59 Å². The standard InChI is InChI=1S/C15H19NO3/c16-15(19)13-7-5-12(6-8-13)11-3-1-10(2-4-11)9-14(17)18/h5-8,10-11H,1-4,9H2,(H2,16,19)(H,17,18). The summed E-state index contributed by atoms with van der Waals surface area (Å²) in [5, 5.41) is 8.79. The molecular formula is C15H19NO3. The SMILES string of the molecule is NC(=O)c1ccc(C2CCC(CC(=O)O)CC2)cc1. The minimum Gasteiger partial charge on any atom is -0.481 e. The number of carboxylic acid groups (broad SMARTS) is 1. The summed E-state index contributed by atoms with van der Waals surface area (Å²) in [6.07, 6.45) is 4.26. The van der Waals surface area contributed by atoms with Crippen LogP contribution in [0.15, 0.2) is 24.3 Å². The second-order valence-electron chi connectivity index (χ2n) is 5.30. The first kappa shape index (κ1) is 13.6. The third kappa shape index (κ3) is 3.56. The van der Waals surface area contributed by atoms with Gasteiger partial charge < -0.3 is 10.8 Å². The molecule has 0 aromatic heterocycles. The quantitative estimate of drug-likeness (QED) is 0.874. The molecule has 2 rings (SSSR count). The number of primary amides is 1. The Hall–Kier alpha value is -1.84. The summed E-state index contributed by atoms with van der Waals surface area (Å²) >= 11 is 0. The first-order valence-corrected chi connectivity index (χ1v) is 6.68. The molecule has 0 spiro atoms. The minimum atomic E-state index is -0.700. The molecule has 0 atom stereocenters. The number of nitrogens with two attached hydrogens (primary N) is 1. The zero-order valence-electron chi connectivity index (χ0n) is 10.8. The van der Waals surface area contributed by atoms with Crippen LogP contribution >= 0.6 is 0 Å². The predicted molar refractivity (Wildman–Crippen MR) is 71.9 cm³/mol. The number of carboxylic acids is 1. The van der Waals surface area contributed by atoms with Crippen molar-refractivity contribution in [1.29, 1.82) is 0 Å². The second-order valence-corrected chi connectivity index (χ2v) is 5.30. The highest BCUT2D eigenvalue weighted by Gasteiger charge is 2.23. The van der Waals surface area contributed by atoms with Crippen LogP contribution in [-0.4, -0.2) is 17.0 Å². The summed E-state index contributed by atoms with van der Waals surface area (Å²) in [5.41, 5.74) is 6.96. The van der Waals surface area contributed by atoms with Gasteiger partial charge in [-0.05, 0) is 55.2 Å². The Balaban J connectivity index is 1.94. The molecule has 0 saturated heterocycles. The lowest BCUT2D eigenvalue weighted by molar-refractivity contribution is -0.138. The summed E-state index contributed by atoms with van der Waals surface area (Å²) in [6, 6.07) is 7.45. The minimum absolute atomic E-state index is 0.285. The molecule has 1 aliphatic carbocycles. The smallest absolute Gasteiger partial charge is 0.303 e. The molecule has 0 aliphatic heterocycles. The summed E-state index contributed by atoms with van der Waals surface area (Å²) < 4.78 is 0. The molecule has 19 heavy (non-hydrogen) atoms. The molecular weight excluding hydrogens is 242 g/mol. The second kappa shape index (κ2) is 5.87. The van der Waals surface area contributed by atoms with E-state index < -0.39 is 11.9 Å². The molecule has 1 amide bonds. The van der Waals surface area contributed by atoms with Gasteiger partial charge in [0, 0.05) is 12.0 Å². The summed E-state index contributed by atoms with van der Waals surface area (Å²) in [6.45, 7) is 0. The maximum Gasteiger partial charge on any atom is 0.303 e. The van der Waals surface area contributed by atoms with Crippen LogP contribution < -0.4 is 5.73 Å². The Kier molecular flexibility index (Phi) is 4.20. The molecule has 0 heterocycles. The van der Waals surface area contributed by atoms with Crippen LogP contribution in [-0.2, 0) is 4.79 Å². The molecule has 4 nitrogen and oxygen atoms in total. The van der Waals surface area contributed by atoms with E-state index in [4.69, 9.17) is 10.8 Å². The van der Waals surface area contributed by atoms with Gasteiger partial charge in [-0.1, -0.05) is 12.1 Å². The molecule has 1 fully saturated rings. The molecule has 3 N–H and O–H groups in total. The fourth-order valence-corrected chi connectivity index (χ4v) is 2.87. The highest BCUT2D eigenvalue weighted by atomic mass is 16.4. The van der Waals surface area contributed by atoms with Gasteiger partial charge >= 0.3 is 5.97 Å². The van der Waals surface area contributed by atoms with Crippen LogP contribution in [0.4, 0.5) is 0 Å². The van der Waals surface area contributed by atoms with E-state index in [0.717, 1.165) is 25.7 Å². The van der Waals surface area contributed by atoms with E-state index in [1.54, 1.807) is 12.1 Å². The number of carbonyl (C=O) groups excluding carboxylic acids is 1. The van der Waals surface area contributed by atoms with Gasteiger partial charge in [-0.3, -0.25) is 9.59 Å². The zero-order chi connectivity index (χ0) is 13.8. The van der Waals surface area contributed by atoms with Gasteiger partial charge in [-0.15, -0.1) is 0 Å². The van der Waals surface area contributed by atoms with Crippen LogP contribution in [0.2, 0.25) is 0 Å². The Labute approximate surface area is 112 Å². The van der Waals surface area contributed by atoms with Gasteiger partial charge in [0.25, 0.3) is 0 Å². The predicted octanol–water partition coefficient (Wildman–Crippen LogP) is 2.53. The van der Waals surface area contributed by atoms with Crippen LogP contribution in [0, 0.1) is 5.92 Å². The first-order chi connectivity index (χ1) is 9.06. The number of hydrogen-bond acceptors (Lipinski definition) is 2. The monoisotopic (exact) mass is 261 g/mol. The molecule has 0 radical (unpaired) electrons. The molecule has 4 heteroatoms. The lowest BCUT2D eigenvalue weighted by Gasteiger charge is -2.28. The fraction of sp³-hybridized carbons (Fsp3) is 0.467. The third-order valence-corrected chi connectivity index (χ3v) is 3.98. The summed E-state index contributed by atoms with van der Waals surface area (Å²) in [4.78, 5) is 21.7. The maximum absolute atomic E-state index is 11.0. The third-order valence-electron chi connectivity index (χ3n) is 3.98. The summed E-state index contributed by atoms with van der Waals surface area (Å²) in [5.74, 6) is -0.309. The van der Waals surface area contributed by atoms with Crippen molar-refractivity contribution in [3.05, 3.63) is 35.4 Å². The molecule has 1 saturated carbocycles. The topological polar surface area (TPSA) is 80.4 Å². The van der Waals surface area contributed by atoms with Gasteiger partial charge in [0.2, 0.25) is 5.91 Å². The van der Waals surface area contributed by atoms with Crippen molar-refractivity contribution in [2.75, 3.05) is 0 Å². The van der Waals surface area contributed by atoms with Crippen molar-refractivity contribution in [2.45, 2.75) is 38.0 Å². The number of aliphatic carboxylic acids is 1. The van der Waals surface area contributed by atoms with Crippen molar-refractivity contribution in [3.63, 3.8) is 0 Å². The van der Waals surface area contributed by atoms with Gasteiger partial charge in [-0.25, -0.2) is 0 Å². The van der Waals surface area contributed by atoms with E-state index in [1.165, 1.54) is 5.56 Å². The average molecular weight is 261 g/mol. The van der Waals surface area contributed by atoms with Crippen LogP contribution in [0.3, 0.4) is 0 Å². The van der Waals surface area contributed by atoms with Gasteiger partial charge in [0.05, 0.1) is 0 Å². The van der Waals surface area contributed by atoms with E-state index in [2.05, 4.69) is 0 Å². The van der Waals surface area contributed by atoms with Crippen LogP contribution in [0.1, 0.15) is 53.9 Å². The number of amides is 1. The van der Waals surface area contributed by atoms with Crippen molar-refractivity contribution >= 4 is 11.9 Å². The van der Waals surface area contributed by atoms with E-state index in [0.29, 0.717) is 17.4 Å². The van der Waals surface area contributed by atoms with Crippen LogP contribution in [0.5, 0.6) is 0 Å². The van der Waals surface area contributed by atoms with E-state index >= 15 is 0 Å². The molecule has 1 aromatic carbocycles. The molecule has 1 aromatic rings. The van der Waals surface area contributed by atoms with Gasteiger partial charge in [0.15, 0.2) is 0 Å². The van der Waals surface area contributed by atoms with Gasteiger partial charge in [-0.2, -0.15) is 0 Å². The molecule has 0 unspecified atom stereocenters. The van der Waals surface area contributed by atoms with Crippen molar-refractivity contribution in [1.82, 2.24) is 0 Å². The first-order valence-electron chi connectivity index (χ1n) is 6.68. The highest BCUT2D eigenvalue weighted by molar-refractivity contribution is 5.92. The number of carbonyl (C=O) groups is 2. The number of rotatable bonds is 4. The van der Waals surface area contributed by atoms with E-state index in [1.807, 2.05) is 12.1 Å². The number of benzene rings is 1. The largest absolute Gasteiger partial charge is 0.481 e. The Morgan fingerprint density at radius 1 is 1.11 bits per heavy atom. The maximum atomic E-state index is 11.0. The fourth-order valence-electron chi connectivity index (χ4n) is 2.87. The van der Waals surface area contributed by atoms with Gasteiger partial charge in [0.1, 0.15) is 0 Å². The zero-order valence-corrected chi connectivity index (χ0v) is 10.8. The summed E-state index contributed by atoms with van der Waals surface area (Å²) in [7, 11) is 0. The van der Waals surface area contributed by atoms with E-state index in [-0.39, 0.29) is 6.42 Å². The number of hydrogen-bond donors (Lipinski definition) is 2. The Bertz CT molecular complexity index is 459. The highest BCUT2D eigenvalue weighted by Crippen LogP contribution is 2.36. The lowest BCUT2D eigenvalue weighted by Crippen LogP contribution is -2.16. The van der Waals surface area contributed by atoms with Crippen LogP contribution in [0.25, 0.3) is 0 Å². The van der Waals surface area contributed by atoms with Crippen molar-refractivity contribution in [3.8, 4) is 0 Å². The van der Waals surface area contributed by atoms with Crippen molar-refractivity contribution in [2.24, 2.45) is 11.7 Å². The molecule has 102 valence electrons. The average Bonchev–Trinajstić information content (AvgIpc) is 2.39. The normalized spacial score (nSPS) is 22.9. The Morgan fingerprint density at radius 2 is 1.68 bits per heavy atom. The molecule has 0 bridgehead atoms. The Morgan fingerprint density at radius 3 is 2.16 bits per heavy atom. The van der Waals surface area contributed by atoms with Crippen molar-refractivity contribution < 1.29 is 14.7 Å². The molecule has 1 aliphatic rings. The lowest BCUT2D eigenvalue weighted by atomic mass is 9.77.